The Hall–Kier alpha value is -2.37. The first-order chi connectivity index (χ1) is 11.4. The van der Waals surface area contributed by atoms with E-state index in [1.807, 2.05) is 6.92 Å². The summed E-state index contributed by atoms with van der Waals surface area (Å²) in [6.45, 7) is 3.52. The number of aromatic nitrogens is 1. The van der Waals surface area contributed by atoms with Crippen molar-refractivity contribution in [2.45, 2.75) is 13.8 Å². The lowest BCUT2D eigenvalue weighted by Crippen LogP contribution is -2.10. The summed E-state index contributed by atoms with van der Waals surface area (Å²) < 4.78 is 10.6. The van der Waals surface area contributed by atoms with Crippen molar-refractivity contribution in [1.82, 2.24) is 4.98 Å². The van der Waals surface area contributed by atoms with Crippen LogP contribution >= 0.6 is 23.2 Å². The van der Waals surface area contributed by atoms with Crippen molar-refractivity contribution in [2.75, 3.05) is 0 Å². The Bertz CT molecular complexity index is 1030. The van der Waals surface area contributed by atoms with E-state index in [1.165, 1.54) is 18.3 Å². The molecular weight excluding hydrogens is 353 g/mol. The van der Waals surface area contributed by atoms with E-state index < -0.39 is 11.6 Å². The molecule has 3 aromatic rings. The molecule has 0 atom stereocenters. The maximum Gasteiger partial charge on any atom is 0.345 e. The smallest absolute Gasteiger partial charge is 0.345 e. The van der Waals surface area contributed by atoms with Gasteiger partial charge in [-0.2, -0.15) is 0 Å². The first-order valence-electron chi connectivity index (χ1n) is 6.94. The second-order valence-corrected chi connectivity index (χ2v) is 5.97. The van der Waals surface area contributed by atoms with Gasteiger partial charge in [-0.1, -0.05) is 23.2 Å². The van der Waals surface area contributed by atoms with Crippen molar-refractivity contribution >= 4 is 40.1 Å². The van der Waals surface area contributed by atoms with Crippen molar-refractivity contribution in [3.05, 3.63) is 67.7 Å². The van der Waals surface area contributed by atoms with Crippen molar-refractivity contribution in [2.24, 2.45) is 0 Å². The maximum absolute atomic E-state index is 12.2. The molecule has 1 aromatic carbocycles. The molecule has 5 nitrogen and oxygen atoms in total. The van der Waals surface area contributed by atoms with Crippen molar-refractivity contribution in [3.8, 4) is 5.75 Å². The van der Waals surface area contributed by atoms with Crippen LogP contribution in [0.1, 0.15) is 21.5 Å². The minimum absolute atomic E-state index is 0.104. The number of fused-ring (bicyclic) bond motifs is 1. The fraction of sp³-hybridized carbons (Fsp3) is 0.118. The van der Waals surface area contributed by atoms with Crippen LogP contribution in [-0.2, 0) is 0 Å². The third kappa shape index (κ3) is 3.00. The lowest BCUT2D eigenvalue weighted by molar-refractivity contribution is 0.0733. The largest absolute Gasteiger partial charge is 0.422 e. The van der Waals surface area contributed by atoms with E-state index in [1.54, 1.807) is 19.1 Å². The van der Waals surface area contributed by atoms with E-state index in [2.05, 4.69) is 4.98 Å². The molecule has 7 heteroatoms. The SMILES string of the molecule is Cc1cc(=O)oc2c(C)c(OC(=O)c3cnc(Cl)c(Cl)c3)ccc12. The molecule has 2 heterocycles. The minimum atomic E-state index is -0.640. The van der Waals surface area contributed by atoms with Crippen LogP contribution in [0.3, 0.4) is 0 Å². The molecule has 0 aliphatic rings. The molecule has 24 heavy (non-hydrogen) atoms. The summed E-state index contributed by atoms with van der Waals surface area (Å²) in [4.78, 5) is 27.6. The fourth-order valence-electron chi connectivity index (χ4n) is 2.30. The highest BCUT2D eigenvalue weighted by Gasteiger charge is 2.15. The van der Waals surface area contributed by atoms with Crippen LogP contribution in [0.25, 0.3) is 11.0 Å². The average molecular weight is 364 g/mol. The molecule has 0 aliphatic carbocycles. The molecule has 0 radical (unpaired) electrons. The highest BCUT2D eigenvalue weighted by atomic mass is 35.5. The molecule has 0 aliphatic heterocycles. The third-order valence-corrected chi connectivity index (χ3v) is 4.24. The molecule has 0 saturated carbocycles. The van der Waals surface area contributed by atoms with E-state index in [-0.39, 0.29) is 21.5 Å². The van der Waals surface area contributed by atoms with Gasteiger partial charge in [-0.25, -0.2) is 14.6 Å². The van der Waals surface area contributed by atoms with E-state index >= 15 is 0 Å². The van der Waals surface area contributed by atoms with Crippen LogP contribution in [0.4, 0.5) is 0 Å². The Morgan fingerprint density at radius 2 is 1.96 bits per heavy atom. The zero-order valence-corrected chi connectivity index (χ0v) is 14.2. The summed E-state index contributed by atoms with van der Waals surface area (Å²) in [7, 11) is 0. The zero-order chi connectivity index (χ0) is 17.4. The van der Waals surface area contributed by atoms with Crippen molar-refractivity contribution in [1.29, 1.82) is 0 Å². The highest BCUT2D eigenvalue weighted by molar-refractivity contribution is 6.41. The quantitative estimate of drug-likeness (QED) is 0.293. The van der Waals surface area contributed by atoms with Gasteiger partial charge in [0.2, 0.25) is 0 Å². The summed E-state index contributed by atoms with van der Waals surface area (Å²) in [5, 5.41) is 1.04. The van der Waals surface area contributed by atoms with Crippen molar-refractivity contribution in [3.63, 3.8) is 0 Å². The van der Waals surface area contributed by atoms with Gasteiger partial charge in [0, 0.05) is 23.2 Å². The second-order valence-electron chi connectivity index (χ2n) is 5.20. The molecule has 0 amide bonds. The van der Waals surface area contributed by atoms with Gasteiger partial charge >= 0.3 is 11.6 Å². The van der Waals surface area contributed by atoms with Crippen LogP contribution in [-0.4, -0.2) is 11.0 Å². The number of rotatable bonds is 2. The zero-order valence-electron chi connectivity index (χ0n) is 12.7. The van der Waals surface area contributed by atoms with E-state index in [9.17, 15) is 9.59 Å². The molecule has 0 fully saturated rings. The number of carbonyl (C=O) groups excluding carboxylic acids is 1. The number of hydrogen-bond donors (Lipinski definition) is 0. The summed E-state index contributed by atoms with van der Waals surface area (Å²) in [5.74, 6) is -0.356. The lowest BCUT2D eigenvalue weighted by Gasteiger charge is -2.10. The van der Waals surface area contributed by atoms with Gasteiger partial charge in [0.15, 0.2) is 0 Å². The Kier molecular flexibility index (Phi) is 4.30. The summed E-state index contributed by atoms with van der Waals surface area (Å²) in [6.07, 6.45) is 1.27. The van der Waals surface area contributed by atoms with Crippen LogP contribution < -0.4 is 10.4 Å². The molecule has 0 unspecified atom stereocenters. The topological polar surface area (TPSA) is 69.4 Å². The Morgan fingerprint density at radius 3 is 2.67 bits per heavy atom. The maximum atomic E-state index is 12.2. The van der Waals surface area contributed by atoms with Crippen molar-refractivity contribution < 1.29 is 13.9 Å². The number of esters is 1. The molecule has 122 valence electrons. The Morgan fingerprint density at radius 1 is 1.21 bits per heavy atom. The van der Waals surface area contributed by atoms with E-state index in [4.69, 9.17) is 32.4 Å². The number of ether oxygens (including phenoxy) is 1. The Balaban J connectivity index is 2.01. The average Bonchev–Trinajstić information content (AvgIpc) is 2.53. The van der Waals surface area contributed by atoms with Gasteiger partial charge in [-0.15, -0.1) is 0 Å². The van der Waals surface area contributed by atoms with Crippen LogP contribution in [0.5, 0.6) is 5.75 Å². The van der Waals surface area contributed by atoms with E-state index in [0.717, 1.165) is 10.9 Å². The van der Waals surface area contributed by atoms with Gasteiger partial charge < -0.3 is 9.15 Å². The fourth-order valence-corrected chi connectivity index (χ4v) is 2.57. The highest BCUT2D eigenvalue weighted by Crippen LogP contribution is 2.29. The summed E-state index contributed by atoms with van der Waals surface area (Å²) in [5.41, 5.74) is 1.43. The number of halogens is 2. The molecule has 0 bridgehead atoms. The predicted octanol–water partition coefficient (Wildman–Crippen LogP) is 4.33. The monoisotopic (exact) mass is 363 g/mol. The third-order valence-electron chi connectivity index (χ3n) is 3.55. The standard InChI is InChI=1S/C17H11Cl2NO4/c1-8-5-14(21)24-15-9(2)13(4-3-11(8)15)23-17(22)10-6-12(18)16(19)20-7-10/h3-7H,1-2H3. The number of benzene rings is 1. The lowest BCUT2D eigenvalue weighted by atomic mass is 10.1. The van der Waals surface area contributed by atoms with Crippen LogP contribution in [0.15, 0.2) is 39.7 Å². The van der Waals surface area contributed by atoms with Gasteiger partial charge in [0.1, 0.15) is 16.5 Å². The summed E-state index contributed by atoms with van der Waals surface area (Å²) >= 11 is 11.6. The molecular formula is C17H11Cl2NO4. The van der Waals surface area contributed by atoms with E-state index in [0.29, 0.717) is 11.1 Å². The van der Waals surface area contributed by atoms with Gasteiger partial charge in [-0.3, -0.25) is 0 Å². The second kappa shape index (κ2) is 6.26. The Labute approximate surface area is 146 Å². The number of pyridine rings is 1. The normalized spacial score (nSPS) is 10.8. The molecule has 0 saturated heterocycles. The van der Waals surface area contributed by atoms with Crippen LogP contribution in [0.2, 0.25) is 10.2 Å². The van der Waals surface area contributed by atoms with Gasteiger partial charge in [0.25, 0.3) is 0 Å². The molecule has 0 N–H and O–H groups in total. The predicted molar refractivity (Wildman–Crippen MR) is 91.2 cm³/mol. The number of nitrogens with zero attached hydrogens (tertiary/aromatic N) is 1. The molecule has 0 spiro atoms. The number of hydrogen-bond acceptors (Lipinski definition) is 5. The first kappa shape index (κ1) is 16.5. The number of carbonyl (C=O) groups is 1. The van der Waals surface area contributed by atoms with Gasteiger partial charge in [-0.05, 0) is 37.6 Å². The molecule has 3 rings (SSSR count). The van der Waals surface area contributed by atoms with Gasteiger partial charge in [0.05, 0.1) is 10.6 Å². The summed E-state index contributed by atoms with van der Waals surface area (Å²) in [6, 6.07) is 6.17. The van der Waals surface area contributed by atoms with Crippen LogP contribution in [0, 0.1) is 13.8 Å². The minimum Gasteiger partial charge on any atom is -0.422 e. The molecule has 2 aromatic heterocycles. The number of aryl methyl sites for hydroxylation is 2. The first-order valence-corrected chi connectivity index (χ1v) is 7.69.